The van der Waals surface area contributed by atoms with Crippen LogP contribution in [0.5, 0.6) is 0 Å². The molecule has 0 bridgehead atoms. The van der Waals surface area contributed by atoms with Crippen LogP contribution in [0.15, 0.2) is 24.5 Å². The minimum Gasteiger partial charge on any atom is -0.371 e. The molecule has 3 heteroatoms. The van der Waals surface area contributed by atoms with Crippen LogP contribution in [0, 0.1) is 5.92 Å². The highest BCUT2D eigenvalue weighted by Gasteiger charge is 2.21. The second-order valence-corrected chi connectivity index (χ2v) is 4.58. The van der Waals surface area contributed by atoms with Crippen LogP contribution in [0.3, 0.4) is 0 Å². The standard InChI is InChI=1S/C11H15BrN2/c12-5-1-10-4-8-14(9-10)11-2-6-13-7-3-11/h2-3,6-7,10H,1,4-5,8-9H2. The summed E-state index contributed by atoms with van der Waals surface area (Å²) in [7, 11) is 0. The Hall–Kier alpha value is -0.570. The number of halogens is 1. The second kappa shape index (κ2) is 4.78. The van der Waals surface area contributed by atoms with E-state index in [1.165, 1.54) is 31.6 Å². The van der Waals surface area contributed by atoms with E-state index in [2.05, 4.69) is 37.9 Å². The van der Waals surface area contributed by atoms with Crippen LogP contribution < -0.4 is 4.90 Å². The zero-order chi connectivity index (χ0) is 9.80. The number of pyridine rings is 1. The van der Waals surface area contributed by atoms with Crippen molar-refractivity contribution >= 4 is 21.6 Å². The van der Waals surface area contributed by atoms with E-state index in [1.807, 2.05) is 12.4 Å². The lowest BCUT2D eigenvalue weighted by molar-refractivity contribution is 0.576. The normalized spacial score (nSPS) is 21.5. The molecule has 0 amide bonds. The summed E-state index contributed by atoms with van der Waals surface area (Å²) >= 11 is 3.51. The van der Waals surface area contributed by atoms with Gasteiger partial charge in [-0.2, -0.15) is 0 Å². The number of hydrogen-bond donors (Lipinski definition) is 0. The predicted molar refractivity (Wildman–Crippen MR) is 63.0 cm³/mol. The number of rotatable bonds is 3. The van der Waals surface area contributed by atoms with Crippen molar-refractivity contribution in [2.45, 2.75) is 12.8 Å². The molecule has 2 rings (SSSR count). The monoisotopic (exact) mass is 254 g/mol. The Morgan fingerprint density at radius 2 is 2.21 bits per heavy atom. The molecular formula is C11H15BrN2. The minimum absolute atomic E-state index is 0.863. The lowest BCUT2D eigenvalue weighted by Crippen LogP contribution is -2.19. The van der Waals surface area contributed by atoms with Gasteiger partial charge in [-0.1, -0.05) is 15.9 Å². The average Bonchev–Trinajstić information content (AvgIpc) is 2.68. The summed E-state index contributed by atoms with van der Waals surface area (Å²) in [6.07, 6.45) is 6.36. The van der Waals surface area contributed by atoms with Gasteiger partial charge in [0.2, 0.25) is 0 Å². The van der Waals surface area contributed by atoms with Gasteiger partial charge in [0.05, 0.1) is 0 Å². The number of alkyl halides is 1. The van der Waals surface area contributed by atoms with E-state index in [0.29, 0.717) is 0 Å². The highest BCUT2D eigenvalue weighted by molar-refractivity contribution is 9.09. The lowest BCUT2D eigenvalue weighted by Gasteiger charge is -2.17. The van der Waals surface area contributed by atoms with Gasteiger partial charge in [-0.15, -0.1) is 0 Å². The Morgan fingerprint density at radius 3 is 2.93 bits per heavy atom. The predicted octanol–water partition coefficient (Wildman–Crippen LogP) is 2.69. The van der Waals surface area contributed by atoms with Crippen LogP contribution in [0.4, 0.5) is 5.69 Å². The number of aromatic nitrogens is 1. The van der Waals surface area contributed by atoms with E-state index in [4.69, 9.17) is 0 Å². The summed E-state index contributed by atoms with van der Waals surface area (Å²) in [5, 5.41) is 1.13. The molecule has 2 nitrogen and oxygen atoms in total. The Morgan fingerprint density at radius 1 is 1.43 bits per heavy atom. The van der Waals surface area contributed by atoms with Crippen LogP contribution >= 0.6 is 15.9 Å². The van der Waals surface area contributed by atoms with Crippen LogP contribution in [0.2, 0.25) is 0 Å². The van der Waals surface area contributed by atoms with Gasteiger partial charge in [0, 0.05) is 36.5 Å². The maximum Gasteiger partial charge on any atom is 0.0397 e. The van der Waals surface area contributed by atoms with Crippen LogP contribution in [0.25, 0.3) is 0 Å². The largest absolute Gasteiger partial charge is 0.371 e. The minimum atomic E-state index is 0.863. The van der Waals surface area contributed by atoms with Gasteiger partial charge in [-0.05, 0) is 30.9 Å². The van der Waals surface area contributed by atoms with Crippen molar-refractivity contribution in [1.82, 2.24) is 4.98 Å². The van der Waals surface area contributed by atoms with Gasteiger partial charge in [-0.3, -0.25) is 4.98 Å². The zero-order valence-electron chi connectivity index (χ0n) is 8.19. The van der Waals surface area contributed by atoms with E-state index in [9.17, 15) is 0 Å². The lowest BCUT2D eigenvalue weighted by atomic mass is 10.1. The van der Waals surface area contributed by atoms with Gasteiger partial charge in [0.25, 0.3) is 0 Å². The molecule has 1 aromatic heterocycles. The highest BCUT2D eigenvalue weighted by Crippen LogP contribution is 2.25. The topological polar surface area (TPSA) is 16.1 Å². The van der Waals surface area contributed by atoms with Crippen LogP contribution in [0.1, 0.15) is 12.8 Å². The molecule has 2 heterocycles. The highest BCUT2D eigenvalue weighted by atomic mass is 79.9. The van der Waals surface area contributed by atoms with Crippen molar-refractivity contribution in [2.75, 3.05) is 23.3 Å². The molecule has 1 fully saturated rings. The molecule has 0 N–H and O–H groups in total. The Kier molecular flexibility index (Phi) is 3.40. The fourth-order valence-corrected chi connectivity index (χ4v) is 2.66. The third kappa shape index (κ3) is 2.27. The van der Waals surface area contributed by atoms with Gasteiger partial charge in [0.1, 0.15) is 0 Å². The third-order valence-electron chi connectivity index (χ3n) is 2.83. The summed E-state index contributed by atoms with van der Waals surface area (Å²) in [6, 6.07) is 4.19. The summed E-state index contributed by atoms with van der Waals surface area (Å²) in [4.78, 5) is 6.49. The van der Waals surface area contributed by atoms with Gasteiger partial charge >= 0.3 is 0 Å². The number of anilines is 1. The molecule has 0 spiro atoms. The van der Waals surface area contributed by atoms with E-state index in [-0.39, 0.29) is 0 Å². The molecule has 1 unspecified atom stereocenters. The molecular weight excluding hydrogens is 240 g/mol. The zero-order valence-corrected chi connectivity index (χ0v) is 9.78. The van der Waals surface area contributed by atoms with E-state index in [0.717, 1.165) is 11.2 Å². The molecule has 0 radical (unpaired) electrons. The molecule has 1 saturated heterocycles. The Labute approximate surface area is 93.5 Å². The maximum absolute atomic E-state index is 4.04. The van der Waals surface area contributed by atoms with Gasteiger partial charge in [-0.25, -0.2) is 0 Å². The second-order valence-electron chi connectivity index (χ2n) is 3.78. The van der Waals surface area contributed by atoms with E-state index in [1.54, 1.807) is 0 Å². The van der Waals surface area contributed by atoms with Gasteiger partial charge < -0.3 is 4.90 Å². The first-order valence-corrected chi connectivity index (χ1v) is 6.23. The van der Waals surface area contributed by atoms with E-state index < -0.39 is 0 Å². The molecule has 1 aromatic rings. The molecule has 14 heavy (non-hydrogen) atoms. The first kappa shape index (κ1) is 9.97. The van der Waals surface area contributed by atoms with Crippen molar-refractivity contribution in [3.63, 3.8) is 0 Å². The quantitative estimate of drug-likeness (QED) is 0.772. The number of hydrogen-bond acceptors (Lipinski definition) is 2. The Bertz CT molecular complexity index is 276. The van der Waals surface area contributed by atoms with E-state index >= 15 is 0 Å². The van der Waals surface area contributed by atoms with Crippen molar-refractivity contribution in [3.05, 3.63) is 24.5 Å². The summed E-state index contributed by atoms with van der Waals surface area (Å²) in [5.74, 6) is 0.863. The van der Waals surface area contributed by atoms with Crippen molar-refractivity contribution < 1.29 is 0 Å². The fourth-order valence-electron chi connectivity index (χ4n) is 2.01. The molecule has 76 valence electrons. The molecule has 0 aromatic carbocycles. The maximum atomic E-state index is 4.04. The summed E-state index contributed by atoms with van der Waals surface area (Å²) in [5.41, 5.74) is 1.32. The van der Waals surface area contributed by atoms with Crippen molar-refractivity contribution in [1.29, 1.82) is 0 Å². The smallest absolute Gasteiger partial charge is 0.0397 e. The summed E-state index contributed by atoms with van der Waals surface area (Å²) in [6.45, 7) is 2.40. The first-order chi connectivity index (χ1) is 6.90. The molecule has 1 aliphatic rings. The SMILES string of the molecule is BrCCC1CCN(c2ccncc2)C1. The number of nitrogens with zero attached hydrogens (tertiary/aromatic N) is 2. The summed E-state index contributed by atoms with van der Waals surface area (Å²) < 4.78 is 0. The first-order valence-electron chi connectivity index (χ1n) is 5.11. The molecule has 0 aliphatic carbocycles. The molecule has 1 aliphatic heterocycles. The van der Waals surface area contributed by atoms with Crippen LogP contribution in [-0.2, 0) is 0 Å². The van der Waals surface area contributed by atoms with Crippen molar-refractivity contribution in [2.24, 2.45) is 5.92 Å². The molecule has 1 atom stereocenters. The van der Waals surface area contributed by atoms with Crippen LogP contribution in [-0.4, -0.2) is 23.4 Å². The average molecular weight is 255 g/mol. The van der Waals surface area contributed by atoms with Crippen molar-refractivity contribution in [3.8, 4) is 0 Å². The third-order valence-corrected chi connectivity index (χ3v) is 3.29. The molecule has 0 saturated carbocycles. The Balaban J connectivity index is 1.96. The van der Waals surface area contributed by atoms with Gasteiger partial charge in [0.15, 0.2) is 0 Å². The fraction of sp³-hybridized carbons (Fsp3) is 0.545.